The van der Waals surface area contributed by atoms with E-state index < -0.39 is 22.6 Å². The quantitative estimate of drug-likeness (QED) is 0.466. The van der Waals surface area contributed by atoms with E-state index in [-0.39, 0.29) is 0 Å². The molecule has 0 N–H and O–H groups in total. The first-order valence-corrected chi connectivity index (χ1v) is 3.86. The van der Waals surface area contributed by atoms with Crippen molar-refractivity contribution < 1.29 is 27.3 Å². The van der Waals surface area contributed by atoms with Crippen molar-refractivity contribution in [2.24, 2.45) is 0 Å². The van der Waals surface area contributed by atoms with Gasteiger partial charge in [0.05, 0.1) is 0 Å². The van der Waals surface area contributed by atoms with Crippen LogP contribution in [0.4, 0.5) is 0 Å². The molecular weight excluding hydrogens is 170 g/mol. The maximum absolute atomic E-state index is 9.52. The SMILES string of the molecule is O=P(=O)OCOP(=O)=O. The fourth-order valence-corrected chi connectivity index (χ4v) is 0.470. The van der Waals surface area contributed by atoms with Crippen LogP contribution in [0.25, 0.3) is 0 Å². The van der Waals surface area contributed by atoms with Gasteiger partial charge >= 0.3 is 15.8 Å². The lowest BCUT2D eigenvalue weighted by atomic mass is 11.6. The van der Waals surface area contributed by atoms with Gasteiger partial charge in [0.2, 0.25) is 0 Å². The van der Waals surface area contributed by atoms with Crippen molar-refractivity contribution in [2.75, 3.05) is 6.79 Å². The zero-order valence-corrected chi connectivity index (χ0v) is 5.84. The third kappa shape index (κ3) is 7.72. The van der Waals surface area contributed by atoms with Gasteiger partial charge < -0.3 is 0 Å². The summed E-state index contributed by atoms with van der Waals surface area (Å²) in [5.41, 5.74) is 0. The fourth-order valence-electron chi connectivity index (χ4n) is 0.110. The van der Waals surface area contributed by atoms with Gasteiger partial charge in [-0.2, -0.15) is 0 Å². The second kappa shape index (κ2) is 4.58. The summed E-state index contributed by atoms with van der Waals surface area (Å²) in [5.74, 6) is 0. The lowest BCUT2D eigenvalue weighted by molar-refractivity contribution is 0.126. The van der Waals surface area contributed by atoms with Crippen LogP contribution in [0.1, 0.15) is 0 Å². The molecule has 0 unspecified atom stereocenters. The van der Waals surface area contributed by atoms with E-state index in [1.54, 1.807) is 0 Å². The molecule has 6 nitrogen and oxygen atoms in total. The van der Waals surface area contributed by atoms with Crippen LogP contribution in [-0.2, 0) is 27.3 Å². The molecule has 0 fully saturated rings. The zero-order chi connectivity index (χ0) is 7.28. The Morgan fingerprint density at radius 1 is 0.889 bits per heavy atom. The first-order chi connectivity index (χ1) is 4.13. The maximum Gasteiger partial charge on any atom is 0.470 e. The monoisotopic (exact) mass is 172 g/mol. The Labute approximate surface area is 51.0 Å². The van der Waals surface area contributed by atoms with Crippen LogP contribution in [0.5, 0.6) is 0 Å². The molecule has 0 saturated heterocycles. The summed E-state index contributed by atoms with van der Waals surface area (Å²) in [6.07, 6.45) is 0. The van der Waals surface area contributed by atoms with E-state index in [1.807, 2.05) is 0 Å². The Bertz CT molecular complexity index is 161. The number of hydrogen-bond acceptors (Lipinski definition) is 6. The molecule has 0 aliphatic rings. The minimum atomic E-state index is -3.02. The van der Waals surface area contributed by atoms with Gasteiger partial charge in [-0.15, -0.1) is 0 Å². The predicted octanol–water partition coefficient (Wildman–Crippen LogP) is 1.15. The van der Waals surface area contributed by atoms with Crippen LogP contribution in [0, 0.1) is 0 Å². The maximum atomic E-state index is 9.52. The Morgan fingerprint density at radius 3 is 1.44 bits per heavy atom. The molecule has 0 atom stereocenters. The third-order valence-corrected chi connectivity index (χ3v) is 0.949. The third-order valence-electron chi connectivity index (χ3n) is 0.316. The largest absolute Gasteiger partial charge is 0.470 e. The van der Waals surface area contributed by atoms with E-state index in [0.717, 1.165) is 0 Å². The molecule has 9 heavy (non-hydrogen) atoms. The molecule has 0 rings (SSSR count). The Kier molecular flexibility index (Phi) is 4.44. The lowest BCUT2D eigenvalue weighted by Crippen LogP contribution is -1.80. The van der Waals surface area contributed by atoms with Crippen molar-refractivity contribution in [3.05, 3.63) is 0 Å². The molecule has 0 amide bonds. The van der Waals surface area contributed by atoms with Gasteiger partial charge in [0.25, 0.3) is 0 Å². The molecular formula is CH2O6P2. The predicted molar refractivity (Wildman–Crippen MR) is 23.6 cm³/mol. The van der Waals surface area contributed by atoms with Gasteiger partial charge in [-0.3, -0.25) is 0 Å². The van der Waals surface area contributed by atoms with Crippen LogP contribution in [-0.4, -0.2) is 6.79 Å². The standard InChI is InChI=1S/CH2O6P2/c2-8(3)6-1-7-9(4)5/h1H2. The fraction of sp³-hybridized carbons (Fsp3) is 1.00. The van der Waals surface area contributed by atoms with Crippen molar-refractivity contribution >= 4 is 15.8 Å². The summed E-state index contributed by atoms with van der Waals surface area (Å²) in [4.78, 5) is 0. The average Bonchev–Trinajstić information content (AvgIpc) is 1.63. The van der Waals surface area contributed by atoms with Crippen LogP contribution in [0.2, 0.25) is 0 Å². The number of hydrogen-bond donors (Lipinski definition) is 0. The van der Waals surface area contributed by atoms with Gasteiger partial charge in [-0.25, -0.2) is 27.3 Å². The van der Waals surface area contributed by atoms with Gasteiger partial charge in [-0.1, -0.05) is 0 Å². The molecule has 0 spiro atoms. The van der Waals surface area contributed by atoms with E-state index >= 15 is 0 Å². The molecule has 8 heteroatoms. The van der Waals surface area contributed by atoms with Crippen molar-refractivity contribution in [1.29, 1.82) is 0 Å². The van der Waals surface area contributed by atoms with Crippen molar-refractivity contribution in [3.63, 3.8) is 0 Å². The molecule has 0 bridgehead atoms. The van der Waals surface area contributed by atoms with E-state index in [0.29, 0.717) is 0 Å². The van der Waals surface area contributed by atoms with Gasteiger partial charge in [-0.05, 0) is 0 Å². The van der Waals surface area contributed by atoms with Gasteiger partial charge in [0, 0.05) is 0 Å². The van der Waals surface area contributed by atoms with Crippen LogP contribution in [0.15, 0.2) is 0 Å². The summed E-state index contributed by atoms with van der Waals surface area (Å²) >= 11 is 0. The normalized spacial score (nSPS) is 8.89. The molecule has 0 radical (unpaired) electrons. The smallest absolute Gasteiger partial charge is 0.242 e. The van der Waals surface area contributed by atoms with Crippen LogP contribution in [0.3, 0.4) is 0 Å². The molecule has 52 valence electrons. The zero-order valence-electron chi connectivity index (χ0n) is 4.05. The van der Waals surface area contributed by atoms with Crippen molar-refractivity contribution in [3.8, 4) is 0 Å². The molecule has 0 aliphatic heterocycles. The highest BCUT2D eigenvalue weighted by Gasteiger charge is 1.93. The van der Waals surface area contributed by atoms with E-state index in [1.165, 1.54) is 0 Å². The molecule has 0 aliphatic carbocycles. The number of rotatable bonds is 4. The van der Waals surface area contributed by atoms with E-state index in [9.17, 15) is 18.3 Å². The summed E-state index contributed by atoms with van der Waals surface area (Å²) in [6, 6.07) is 0. The molecule has 0 aromatic carbocycles. The summed E-state index contributed by atoms with van der Waals surface area (Å²) in [7, 11) is -6.05. The van der Waals surface area contributed by atoms with Gasteiger partial charge in [0.1, 0.15) is 0 Å². The van der Waals surface area contributed by atoms with Crippen molar-refractivity contribution in [2.45, 2.75) is 0 Å². The summed E-state index contributed by atoms with van der Waals surface area (Å²) < 4.78 is 45.5. The Balaban J connectivity index is 3.31. The second-order valence-corrected chi connectivity index (χ2v) is 2.23. The van der Waals surface area contributed by atoms with Crippen LogP contribution < -0.4 is 0 Å². The van der Waals surface area contributed by atoms with E-state index in [4.69, 9.17) is 0 Å². The topological polar surface area (TPSA) is 86.7 Å². The second-order valence-electron chi connectivity index (χ2n) is 0.823. The minimum absolute atomic E-state index is 0.780. The highest BCUT2D eigenvalue weighted by atomic mass is 31.1. The molecule has 0 aromatic heterocycles. The van der Waals surface area contributed by atoms with Crippen molar-refractivity contribution in [1.82, 2.24) is 0 Å². The van der Waals surface area contributed by atoms with Crippen LogP contribution >= 0.6 is 15.8 Å². The molecule has 0 saturated carbocycles. The Morgan fingerprint density at radius 2 is 1.22 bits per heavy atom. The van der Waals surface area contributed by atoms with E-state index in [2.05, 4.69) is 9.05 Å². The summed E-state index contributed by atoms with van der Waals surface area (Å²) in [6.45, 7) is -0.780. The first-order valence-electron chi connectivity index (χ1n) is 1.67. The Hall–Kier alpha value is -0.280. The summed E-state index contributed by atoms with van der Waals surface area (Å²) in [5, 5.41) is 0. The highest BCUT2D eigenvalue weighted by Crippen LogP contribution is 2.10. The first kappa shape index (κ1) is 8.72. The minimum Gasteiger partial charge on any atom is -0.242 e. The van der Waals surface area contributed by atoms with Gasteiger partial charge in [0.15, 0.2) is 6.79 Å². The molecule has 0 aromatic rings. The lowest BCUT2D eigenvalue weighted by Gasteiger charge is -1.83. The molecule has 0 heterocycles. The highest BCUT2D eigenvalue weighted by molar-refractivity contribution is 7.25. The average molecular weight is 172 g/mol.